The normalized spacial score (nSPS) is 30.8. The molecule has 1 rings (SSSR count). The van der Waals surface area contributed by atoms with Crippen molar-refractivity contribution < 1.29 is 48.3 Å². The summed E-state index contributed by atoms with van der Waals surface area (Å²) in [6, 6.07) is 0. The zero-order chi connectivity index (χ0) is 18.2. The predicted octanol–water partition coefficient (Wildman–Crippen LogP) is 4.79. The summed E-state index contributed by atoms with van der Waals surface area (Å²) in [6.45, 7) is 2.80. The van der Waals surface area contributed by atoms with E-state index in [4.69, 9.17) is 0 Å². The van der Waals surface area contributed by atoms with Crippen LogP contribution in [-0.2, 0) is 0 Å². The first-order valence-corrected chi connectivity index (χ1v) is 8.91. The van der Waals surface area contributed by atoms with Crippen LogP contribution >= 0.6 is 7.26 Å². The predicted molar refractivity (Wildman–Crippen MR) is 58.1 cm³/mol. The smallest absolute Gasteiger partial charge is 0.226 e. The lowest BCUT2D eigenvalue weighted by atomic mass is 9.73. The third kappa shape index (κ3) is 1.92. The molecule has 1 saturated carbocycles. The highest BCUT2D eigenvalue weighted by atomic mass is 31.2. The first kappa shape index (κ1) is 19.7. The van der Waals surface area contributed by atoms with Crippen molar-refractivity contribution in [2.24, 2.45) is 0 Å². The van der Waals surface area contributed by atoms with Gasteiger partial charge in [0, 0.05) is 27.3 Å². The van der Waals surface area contributed by atoms with Crippen molar-refractivity contribution in [1.29, 1.82) is 0 Å². The van der Waals surface area contributed by atoms with Crippen molar-refractivity contribution in [3.05, 3.63) is 0 Å². The molecule has 0 unspecified atom stereocenters. The number of hydrogen-bond acceptors (Lipinski definition) is 0. The van der Waals surface area contributed by atoms with Crippen LogP contribution in [0.25, 0.3) is 0 Å². The second-order valence-corrected chi connectivity index (χ2v) is 11.0. The topological polar surface area (TPSA) is 0 Å². The molecule has 0 atom stereocenters. The third-order valence-corrected chi connectivity index (χ3v) is 4.65. The van der Waals surface area contributed by atoms with Gasteiger partial charge in [-0.3, -0.25) is 0 Å². The van der Waals surface area contributed by atoms with Gasteiger partial charge < -0.3 is 0 Å². The number of alkyl halides is 11. The monoisotopic (exact) mass is 371 g/mol. The van der Waals surface area contributed by atoms with E-state index in [2.05, 4.69) is 0 Å². The maximum atomic E-state index is 14.2. The second-order valence-electron chi connectivity index (χ2n) is 6.12. The van der Waals surface area contributed by atoms with E-state index >= 15 is 0 Å². The van der Waals surface area contributed by atoms with Gasteiger partial charge in [0.15, 0.2) is 0 Å². The van der Waals surface area contributed by atoms with Gasteiger partial charge in [-0.05, 0) is 0 Å². The van der Waals surface area contributed by atoms with Crippen molar-refractivity contribution in [2.75, 3.05) is 26.2 Å². The van der Waals surface area contributed by atoms with Crippen LogP contribution in [0.5, 0.6) is 0 Å². The lowest BCUT2D eigenvalue weighted by Gasteiger charge is -2.52. The van der Waals surface area contributed by atoms with Crippen LogP contribution in [0.15, 0.2) is 0 Å². The highest BCUT2D eigenvalue weighted by Gasteiger charge is 3.01. The zero-order valence-corrected chi connectivity index (χ0v) is 12.2. The summed E-state index contributed by atoms with van der Waals surface area (Å²) in [5.74, 6) is -34.5. The Kier molecular flexibility index (Phi) is 3.93. The fourth-order valence-electron chi connectivity index (χ4n) is 2.14. The molecular formula is C10H11F11P+. The van der Waals surface area contributed by atoms with Crippen molar-refractivity contribution >= 4 is 7.26 Å². The van der Waals surface area contributed by atoms with E-state index in [1.807, 2.05) is 0 Å². The molecule has 0 spiro atoms. The van der Waals surface area contributed by atoms with Gasteiger partial charge in [-0.25, -0.2) is 4.39 Å². The zero-order valence-electron chi connectivity index (χ0n) is 11.3. The summed E-state index contributed by atoms with van der Waals surface area (Å²) in [5.41, 5.74) is -5.82. The maximum Gasteiger partial charge on any atom is 0.384 e. The van der Waals surface area contributed by atoms with Crippen LogP contribution in [0.1, 0.15) is 0 Å². The van der Waals surface area contributed by atoms with Gasteiger partial charge in [-0.1, -0.05) is 0 Å². The summed E-state index contributed by atoms with van der Waals surface area (Å²) in [7, 11) is -3.11. The van der Waals surface area contributed by atoms with E-state index in [0.29, 0.717) is 0 Å². The van der Waals surface area contributed by atoms with Gasteiger partial charge >= 0.3 is 29.6 Å². The molecule has 0 aromatic heterocycles. The highest BCUT2D eigenvalue weighted by Crippen LogP contribution is 2.72. The molecule has 0 saturated heterocycles. The van der Waals surface area contributed by atoms with E-state index in [0.717, 1.165) is 20.0 Å². The molecule has 0 N–H and O–H groups in total. The minimum atomic E-state index is -7.13. The molecule has 1 aliphatic rings. The molecule has 0 radical (unpaired) electrons. The Labute approximate surface area is 118 Å². The van der Waals surface area contributed by atoms with Crippen LogP contribution in [0.4, 0.5) is 48.3 Å². The fourth-order valence-corrected chi connectivity index (χ4v) is 3.84. The van der Waals surface area contributed by atoms with Gasteiger partial charge in [-0.2, -0.15) is 43.9 Å². The highest BCUT2D eigenvalue weighted by molar-refractivity contribution is 7.73. The molecule has 0 nitrogen and oxygen atoms in total. The van der Waals surface area contributed by atoms with E-state index in [9.17, 15) is 48.3 Å². The lowest BCUT2D eigenvalue weighted by Crippen LogP contribution is -2.84. The second kappa shape index (κ2) is 4.39. The fraction of sp³-hybridized carbons (Fsp3) is 1.00. The Balaban J connectivity index is 3.77. The quantitative estimate of drug-likeness (QED) is 0.484. The average molecular weight is 371 g/mol. The Morgan fingerprint density at radius 3 is 0.955 bits per heavy atom. The first-order valence-electron chi connectivity index (χ1n) is 5.59. The van der Waals surface area contributed by atoms with Gasteiger partial charge in [0.2, 0.25) is 0 Å². The van der Waals surface area contributed by atoms with Crippen molar-refractivity contribution in [1.82, 2.24) is 0 Å². The molecule has 22 heavy (non-hydrogen) atoms. The summed E-state index contributed by atoms with van der Waals surface area (Å²) >= 11 is 0. The summed E-state index contributed by atoms with van der Waals surface area (Å²) in [6.07, 6.45) is -2.08. The molecule has 0 heterocycles. The summed E-state index contributed by atoms with van der Waals surface area (Å²) in [4.78, 5) is 0. The van der Waals surface area contributed by atoms with Crippen molar-refractivity contribution in [2.45, 2.75) is 35.3 Å². The number of hydrogen-bond donors (Lipinski definition) is 0. The van der Waals surface area contributed by atoms with E-state index in [1.165, 1.54) is 0 Å². The van der Waals surface area contributed by atoms with Crippen molar-refractivity contribution in [3.63, 3.8) is 0 Å². The summed E-state index contributed by atoms with van der Waals surface area (Å²) in [5, 5.41) is 0. The Hall–Kier alpha value is -0.340. The molecule has 12 heteroatoms. The molecule has 1 fully saturated rings. The van der Waals surface area contributed by atoms with Crippen LogP contribution in [-0.4, -0.2) is 61.4 Å². The third-order valence-electron chi connectivity index (χ3n) is 3.26. The van der Waals surface area contributed by atoms with Gasteiger partial charge in [-0.15, -0.1) is 0 Å². The van der Waals surface area contributed by atoms with Gasteiger partial charge in [0.05, 0.1) is 0 Å². The maximum absolute atomic E-state index is 14.2. The molecule has 0 bridgehead atoms. The van der Waals surface area contributed by atoms with E-state index in [1.54, 1.807) is 0 Å². The minimum absolute atomic E-state index is 0.934. The van der Waals surface area contributed by atoms with Crippen molar-refractivity contribution in [3.8, 4) is 0 Å². The van der Waals surface area contributed by atoms with Crippen LogP contribution in [0, 0.1) is 0 Å². The van der Waals surface area contributed by atoms with Crippen LogP contribution < -0.4 is 0 Å². The minimum Gasteiger partial charge on any atom is -0.226 e. The molecule has 0 aliphatic heterocycles. The molecule has 132 valence electrons. The molecular weight excluding hydrogens is 360 g/mol. The van der Waals surface area contributed by atoms with E-state index < -0.39 is 48.7 Å². The lowest BCUT2D eigenvalue weighted by molar-refractivity contribution is -0.481. The molecule has 0 aromatic carbocycles. The van der Waals surface area contributed by atoms with Gasteiger partial charge in [0.1, 0.15) is 6.16 Å². The standard InChI is InChI=1S/C10H11F11P/c1-22(2,3)4-5(11)6(12,13)8(16,17)10(20,21)9(18,19)7(5,14)15/h4H2,1-3H3/q+1. The Morgan fingerprint density at radius 1 is 0.500 bits per heavy atom. The molecule has 0 amide bonds. The Morgan fingerprint density at radius 2 is 0.727 bits per heavy atom. The van der Waals surface area contributed by atoms with Crippen LogP contribution in [0.3, 0.4) is 0 Å². The summed E-state index contributed by atoms with van der Waals surface area (Å²) < 4.78 is 147. The molecule has 1 aliphatic carbocycles. The van der Waals surface area contributed by atoms with E-state index in [-0.39, 0.29) is 0 Å². The Bertz CT molecular complexity index is 432. The SMILES string of the molecule is C[P+](C)(C)CC1(F)C(F)(F)C(F)(F)C(F)(F)C(F)(F)C1(F)F. The van der Waals surface area contributed by atoms with Gasteiger partial charge in [0.25, 0.3) is 5.67 Å². The van der Waals surface area contributed by atoms with Crippen LogP contribution in [0.2, 0.25) is 0 Å². The largest absolute Gasteiger partial charge is 0.384 e. The molecule has 0 aromatic rings. The first-order chi connectivity index (χ1) is 9.21. The number of rotatable bonds is 2. The number of halogens is 11. The average Bonchev–Trinajstić information content (AvgIpc) is 2.23.